The Balaban J connectivity index is 1.73. The fourth-order valence-electron chi connectivity index (χ4n) is 3.43. The molecule has 3 rings (SSSR count). The van der Waals surface area contributed by atoms with Gasteiger partial charge in [0.2, 0.25) is 0 Å². The molecule has 0 saturated heterocycles. The van der Waals surface area contributed by atoms with Crippen molar-refractivity contribution in [3.63, 3.8) is 0 Å². The monoisotopic (exact) mass is 230 g/mol. The van der Waals surface area contributed by atoms with E-state index in [0.717, 1.165) is 30.7 Å². The van der Waals surface area contributed by atoms with E-state index in [0.29, 0.717) is 0 Å². The summed E-state index contributed by atoms with van der Waals surface area (Å²) in [5, 5.41) is 0. The molecule has 2 unspecified atom stereocenters. The van der Waals surface area contributed by atoms with Crippen LogP contribution in [0.5, 0.6) is 0 Å². The van der Waals surface area contributed by atoms with Gasteiger partial charge in [-0.25, -0.2) is 0 Å². The fourth-order valence-corrected chi connectivity index (χ4v) is 3.43. The van der Waals surface area contributed by atoms with Crippen molar-refractivity contribution in [3.05, 3.63) is 29.3 Å². The van der Waals surface area contributed by atoms with Crippen molar-refractivity contribution >= 4 is 5.69 Å². The van der Waals surface area contributed by atoms with Gasteiger partial charge in [0.05, 0.1) is 0 Å². The van der Waals surface area contributed by atoms with Crippen molar-refractivity contribution in [3.8, 4) is 0 Å². The van der Waals surface area contributed by atoms with E-state index in [2.05, 4.69) is 24.0 Å². The van der Waals surface area contributed by atoms with E-state index in [1.54, 1.807) is 0 Å². The molecular formula is C15H22N2. The molecule has 2 heteroatoms. The molecule has 2 atom stereocenters. The van der Waals surface area contributed by atoms with Gasteiger partial charge in [0.25, 0.3) is 0 Å². The summed E-state index contributed by atoms with van der Waals surface area (Å²) in [5.41, 5.74) is 9.69. The average molecular weight is 230 g/mol. The van der Waals surface area contributed by atoms with Gasteiger partial charge in [0.15, 0.2) is 0 Å². The van der Waals surface area contributed by atoms with Crippen LogP contribution in [0.1, 0.15) is 43.7 Å². The summed E-state index contributed by atoms with van der Waals surface area (Å²) in [6, 6.07) is 7.19. The number of anilines is 1. The second-order valence-electron chi connectivity index (χ2n) is 5.86. The Morgan fingerprint density at radius 1 is 1.18 bits per heavy atom. The van der Waals surface area contributed by atoms with E-state index < -0.39 is 0 Å². The largest absolute Gasteiger partial charge is 0.399 e. The van der Waals surface area contributed by atoms with Crippen LogP contribution in [0.3, 0.4) is 0 Å². The van der Waals surface area contributed by atoms with Crippen LogP contribution in [-0.4, -0.2) is 10.9 Å². The van der Waals surface area contributed by atoms with Crippen LogP contribution in [0.2, 0.25) is 0 Å². The molecular weight excluding hydrogens is 208 g/mol. The molecule has 0 spiro atoms. The van der Waals surface area contributed by atoms with Gasteiger partial charge in [-0.05, 0) is 42.0 Å². The molecule has 1 aromatic rings. The highest BCUT2D eigenvalue weighted by Crippen LogP contribution is 2.33. The Labute approximate surface area is 104 Å². The average Bonchev–Trinajstić information content (AvgIpc) is 2.72. The SMILES string of the molecule is CC1CCCC(N2Cc3ccc(N)cc3C2)C1. The number of benzene rings is 1. The zero-order chi connectivity index (χ0) is 11.8. The zero-order valence-corrected chi connectivity index (χ0v) is 10.7. The van der Waals surface area contributed by atoms with Crippen molar-refractivity contribution in [2.75, 3.05) is 5.73 Å². The molecule has 1 heterocycles. The summed E-state index contributed by atoms with van der Waals surface area (Å²) in [5.74, 6) is 0.905. The number of rotatable bonds is 1. The highest BCUT2D eigenvalue weighted by molar-refractivity contribution is 5.46. The minimum absolute atomic E-state index is 0.798. The summed E-state index contributed by atoms with van der Waals surface area (Å²) in [4.78, 5) is 2.65. The molecule has 92 valence electrons. The maximum absolute atomic E-state index is 5.86. The molecule has 2 aliphatic rings. The Morgan fingerprint density at radius 3 is 2.82 bits per heavy atom. The minimum atomic E-state index is 0.798. The van der Waals surface area contributed by atoms with Gasteiger partial charge < -0.3 is 5.73 Å². The highest BCUT2D eigenvalue weighted by atomic mass is 15.2. The third kappa shape index (κ3) is 2.19. The van der Waals surface area contributed by atoms with Gasteiger partial charge in [-0.3, -0.25) is 4.90 Å². The predicted octanol–water partition coefficient (Wildman–Crippen LogP) is 3.16. The molecule has 0 bridgehead atoms. The lowest BCUT2D eigenvalue weighted by atomic mass is 9.86. The van der Waals surface area contributed by atoms with E-state index >= 15 is 0 Å². The van der Waals surface area contributed by atoms with E-state index in [4.69, 9.17) is 5.73 Å². The second kappa shape index (κ2) is 4.34. The van der Waals surface area contributed by atoms with Gasteiger partial charge >= 0.3 is 0 Å². The Morgan fingerprint density at radius 2 is 2.00 bits per heavy atom. The first-order valence-electron chi connectivity index (χ1n) is 6.83. The smallest absolute Gasteiger partial charge is 0.0317 e. The van der Waals surface area contributed by atoms with Crippen LogP contribution >= 0.6 is 0 Å². The van der Waals surface area contributed by atoms with Crippen molar-refractivity contribution in [2.24, 2.45) is 5.92 Å². The Bertz CT molecular complexity index is 413. The van der Waals surface area contributed by atoms with Crippen molar-refractivity contribution in [1.82, 2.24) is 4.90 Å². The molecule has 1 fully saturated rings. The molecule has 1 aliphatic carbocycles. The Hall–Kier alpha value is -1.02. The van der Waals surface area contributed by atoms with Gasteiger partial charge in [-0.2, -0.15) is 0 Å². The van der Waals surface area contributed by atoms with Crippen molar-refractivity contribution in [2.45, 2.75) is 51.7 Å². The number of nitrogens with zero attached hydrogens (tertiary/aromatic N) is 1. The third-order valence-corrected chi connectivity index (χ3v) is 4.40. The van der Waals surface area contributed by atoms with Gasteiger partial charge in [0, 0.05) is 24.8 Å². The van der Waals surface area contributed by atoms with E-state index in [9.17, 15) is 0 Å². The zero-order valence-electron chi connectivity index (χ0n) is 10.7. The first-order valence-corrected chi connectivity index (χ1v) is 6.83. The van der Waals surface area contributed by atoms with E-state index in [1.807, 2.05) is 6.07 Å². The van der Waals surface area contributed by atoms with Gasteiger partial charge in [-0.1, -0.05) is 25.8 Å². The number of hydrogen-bond donors (Lipinski definition) is 1. The van der Waals surface area contributed by atoms with Crippen LogP contribution in [0.15, 0.2) is 18.2 Å². The standard InChI is InChI=1S/C15H22N2/c1-11-3-2-4-15(7-11)17-9-12-5-6-14(16)8-13(12)10-17/h5-6,8,11,15H,2-4,7,9-10,16H2,1H3. The topological polar surface area (TPSA) is 29.3 Å². The van der Waals surface area contributed by atoms with E-state index in [1.165, 1.54) is 36.8 Å². The number of nitrogen functional groups attached to an aromatic ring is 1. The number of hydrogen-bond acceptors (Lipinski definition) is 2. The third-order valence-electron chi connectivity index (χ3n) is 4.40. The first kappa shape index (κ1) is 11.1. The van der Waals surface area contributed by atoms with Gasteiger partial charge in [0.1, 0.15) is 0 Å². The Kier molecular flexibility index (Phi) is 2.83. The van der Waals surface area contributed by atoms with Gasteiger partial charge in [-0.15, -0.1) is 0 Å². The fraction of sp³-hybridized carbons (Fsp3) is 0.600. The van der Waals surface area contributed by atoms with Crippen LogP contribution in [0.25, 0.3) is 0 Å². The molecule has 1 aromatic carbocycles. The maximum atomic E-state index is 5.86. The molecule has 0 aromatic heterocycles. The lowest BCUT2D eigenvalue weighted by Crippen LogP contribution is -2.34. The summed E-state index contributed by atoms with van der Waals surface area (Å²) in [7, 11) is 0. The summed E-state index contributed by atoms with van der Waals surface area (Å²) in [6.07, 6.45) is 5.59. The normalized spacial score (nSPS) is 29.2. The molecule has 0 radical (unpaired) electrons. The molecule has 1 aliphatic heterocycles. The van der Waals surface area contributed by atoms with Crippen LogP contribution in [0, 0.1) is 5.92 Å². The molecule has 2 nitrogen and oxygen atoms in total. The molecule has 17 heavy (non-hydrogen) atoms. The molecule has 1 saturated carbocycles. The number of nitrogens with two attached hydrogens (primary N) is 1. The minimum Gasteiger partial charge on any atom is -0.399 e. The molecule has 2 N–H and O–H groups in total. The molecule has 0 amide bonds. The van der Waals surface area contributed by atoms with Crippen LogP contribution < -0.4 is 5.73 Å². The van der Waals surface area contributed by atoms with E-state index in [-0.39, 0.29) is 0 Å². The summed E-state index contributed by atoms with van der Waals surface area (Å²) < 4.78 is 0. The van der Waals surface area contributed by atoms with Crippen molar-refractivity contribution in [1.29, 1.82) is 0 Å². The second-order valence-corrected chi connectivity index (χ2v) is 5.86. The van der Waals surface area contributed by atoms with Crippen LogP contribution in [0.4, 0.5) is 5.69 Å². The van der Waals surface area contributed by atoms with Crippen molar-refractivity contribution < 1.29 is 0 Å². The lowest BCUT2D eigenvalue weighted by molar-refractivity contribution is 0.134. The maximum Gasteiger partial charge on any atom is 0.0317 e. The quantitative estimate of drug-likeness (QED) is 0.751. The summed E-state index contributed by atoms with van der Waals surface area (Å²) in [6.45, 7) is 4.64. The predicted molar refractivity (Wildman–Crippen MR) is 71.5 cm³/mol. The highest BCUT2D eigenvalue weighted by Gasteiger charge is 2.28. The first-order chi connectivity index (χ1) is 8.22. The lowest BCUT2D eigenvalue weighted by Gasteiger charge is -2.33. The number of fused-ring (bicyclic) bond motifs is 1. The van der Waals surface area contributed by atoms with Crippen LogP contribution in [-0.2, 0) is 13.1 Å². The summed E-state index contributed by atoms with van der Waals surface area (Å²) >= 11 is 0.